The fraction of sp³-hybridized carbons (Fsp3) is 0.769. The van der Waals surface area contributed by atoms with Crippen LogP contribution in [0.1, 0.15) is 164 Å². The van der Waals surface area contributed by atoms with Crippen LogP contribution >= 0.6 is 0 Å². The van der Waals surface area contributed by atoms with Gasteiger partial charge in [-0.1, -0.05) is 71.4 Å². The van der Waals surface area contributed by atoms with Crippen molar-refractivity contribution in [3.63, 3.8) is 0 Å². The summed E-state index contributed by atoms with van der Waals surface area (Å²) in [6, 6.07) is 9.20. The number of phenolic OH excluding ortho intramolecular Hbond substituents is 2. The number of fused-ring (bicyclic) bond motifs is 15. The molecule has 0 aromatic heterocycles. The molecule has 2 heteroatoms. The maximum atomic E-state index is 11.9. The van der Waals surface area contributed by atoms with Crippen molar-refractivity contribution in [2.45, 2.75) is 155 Å². The van der Waals surface area contributed by atoms with Gasteiger partial charge in [-0.3, -0.25) is 0 Å². The Morgan fingerprint density at radius 1 is 0.463 bits per heavy atom. The molecule has 18 atom stereocenters. The molecule has 0 heterocycles. The second-order valence-corrected chi connectivity index (χ2v) is 24.0. The Morgan fingerprint density at radius 2 is 0.963 bits per heavy atom. The SMILES string of the molecule is Cc1cc(C2CCC3C4CC(C5CCC6C7CC(C8CCC9C%10CC(c%11c(C)ccc(C(C)(C)C)c%11O)C(C%10)C98)C(C7)C65)C(C4)C23)c(O)c(C(C)(C)C)c1. The van der Waals surface area contributed by atoms with Gasteiger partial charge in [0.05, 0.1) is 0 Å². The Kier molecular flexibility index (Phi) is 7.70. The van der Waals surface area contributed by atoms with E-state index in [0.717, 1.165) is 106 Å². The third kappa shape index (κ3) is 4.82. The summed E-state index contributed by atoms with van der Waals surface area (Å²) in [5.41, 5.74) is 7.58. The van der Waals surface area contributed by atoms with Crippen molar-refractivity contribution in [3.8, 4) is 11.5 Å². The number of hydrogen-bond acceptors (Lipinski definition) is 2. The molecule has 11 rings (SSSR count). The zero-order valence-electron chi connectivity index (χ0n) is 35.1. The second kappa shape index (κ2) is 11.8. The summed E-state index contributed by atoms with van der Waals surface area (Å²) in [7, 11) is 0. The monoisotopic (exact) mass is 729 g/mol. The lowest BCUT2D eigenvalue weighted by Gasteiger charge is -2.45. The second-order valence-electron chi connectivity index (χ2n) is 24.0. The summed E-state index contributed by atoms with van der Waals surface area (Å²) in [5, 5.41) is 23.7. The minimum Gasteiger partial charge on any atom is -0.507 e. The van der Waals surface area contributed by atoms with Gasteiger partial charge in [0.15, 0.2) is 0 Å². The Bertz CT molecular complexity index is 1840. The molecule has 6 bridgehead atoms. The highest BCUT2D eigenvalue weighted by molar-refractivity contribution is 5.51. The van der Waals surface area contributed by atoms with Crippen molar-refractivity contribution in [2.24, 2.45) is 94.7 Å². The smallest absolute Gasteiger partial charge is 0.123 e. The minimum atomic E-state index is -0.0341. The number of benzene rings is 2. The fourth-order valence-electron chi connectivity index (χ4n) is 18.6. The van der Waals surface area contributed by atoms with Gasteiger partial charge in [0.1, 0.15) is 11.5 Å². The molecule has 18 unspecified atom stereocenters. The summed E-state index contributed by atoms with van der Waals surface area (Å²) in [6.45, 7) is 18.2. The molecule has 2 aromatic carbocycles. The number of rotatable bonds is 4. The molecule has 2 nitrogen and oxygen atoms in total. The van der Waals surface area contributed by atoms with Gasteiger partial charge in [-0.2, -0.15) is 0 Å². The van der Waals surface area contributed by atoms with Crippen molar-refractivity contribution in [1.82, 2.24) is 0 Å². The van der Waals surface area contributed by atoms with Gasteiger partial charge >= 0.3 is 0 Å². The van der Waals surface area contributed by atoms with Crippen LogP contribution in [0, 0.1) is 109 Å². The van der Waals surface area contributed by atoms with Crippen LogP contribution in [0.3, 0.4) is 0 Å². The molecule has 0 spiro atoms. The first kappa shape index (κ1) is 35.2. The molecule has 0 saturated heterocycles. The highest BCUT2D eigenvalue weighted by Crippen LogP contribution is 2.75. The normalized spacial score (nSPS) is 46.9. The zero-order chi connectivity index (χ0) is 37.3. The Hall–Kier alpha value is -1.96. The van der Waals surface area contributed by atoms with Crippen LogP contribution in [0.2, 0.25) is 0 Å². The Morgan fingerprint density at radius 3 is 1.59 bits per heavy atom. The van der Waals surface area contributed by atoms with Crippen LogP contribution in [0.4, 0.5) is 0 Å². The van der Waals surface area contributed by atoms with E-state index in [1.165, 1.54) is 86.5 Å². The van der Waals surface area contributed by atoms with Gasteiger partial charge in [-0.05, 0) is 231 Å². The van der Waals surface area contributed by atoms with Crippen LogP contribution < -0.4 is 0 Å². The van der Waals surface area contributed by atoms with Crippen LogP contribution in [-0.4, -0.2) is 10.2 Å². The van der Waals surface area contributed by atoms with Gasteiger partial charge in [-0.15, -0.1) is 0 Å². The molecule has 292 valence electrons. The highest BCUT2D eigenvalue weighted by Gasteiger charge is 2.67. The van der Waals surface area contributed by atoms with E-state index in [-0.39, 0.29) is 10.8 Å². The summed E-state index contributed by atoms with van der Waals surface area (Å²) in [4.78, 5) is 0. The van der Waals surface area contributed by atoms with E-state index in [9.17, 15) is 10.2 Å². The van der Waals surface area contributed by atoms with Gasteiger partial charge in [0, 0.05) is 5.56 Å². The van der Waals surface area contributed by atoms with Crippen molar-refractivity contribution in [2.75, 3.05) is 0 Å². The van der Waals surface area contributed by atoms with Gasteiger partial charge in [-0.25, -0.2) is 0 Å². The minimum absolute atomic E-state index is 0.0312. The number of aryl methyl sites for hydroxylation is 2. The van der Waals surface area contributed by atoms with E-state index < -0.39 is 0 Å². The van der Waals surface area contributed by atoms with Crippen LogP contribution in [-0.2, 0) is 10.8 Å². The van der Waals surface area contributed by atoms with Gasteiger partial charge in [0.2, 0.25) is 0 Å². The van der Waals surface area contributed by atoms with Crippen molar-refractivity contribution in [3.05, 3.63) is 57.6 Å². The van der Waals surface area contributed by atoms with Crippen LogP contribution in [0.5, 0.6) is 11.5 Å². The molecular formula is C52H72O2. The maximum Gasteiger partial charge on any atom is 0.123 e. The quantitative estimate of drug-likeness (QED) is 0.329. The lowest BCUT2D eigenvalue weighted by Crippen LogP contribution is -2.40. The topological polar surface area (TPSA) is 40.5 Å². The molecule has 2 N–H and O–H groups in total. The molecule has 9 fully saturated rings. The molecule has 54 heavy (non-hydrogen) atoms. The first-order valence-corrected chi connectivity index (χ1v) is 23.4. The zero-order valence-corrected chi connectivity index (χ0v) is 35.1. The van der Waals surface area contributed by atoms with Crippen molar-refractivity contribution >= 4 is 0 Å². The van der Waals surface area contributed by atoms with Crippen LogP contribution in [0.15, 0.2) is 24.3 Å². The molecule has 9 aliphatic carbocycles. The van der Waals surface area contributed by atoms with E-state index in [1.807, 2.05) is 0 Å². The highest BCUT2D eigenvalue weighted by atomic mass is 16.3. The Labute approximate surface area is 328 Å². The number of hydrogen-bond donors (Lipinski definition) is 2. The molecule has 0 aliphatic heterocycles. The van der Waals surface area contributed by atoms with Crippen molar-refractivity contribution < 1.29 is 10.2 Å². The Balaban J connectivity index is 0.856. The standard InChI is InChI=1S/C52H72O2/c1-25-17-42(49(53)44(18-25)52(6,7)8)35-15-12-31-28-20-36(39(22-28)48(31)35)33-13-10-30-27-19-37(38(21-27)46(30)33)34-14-11-32-29-23-40(41(24-29)47(32)34)45-26(2)9-16-43(50(45)54)51(3,4)5/h9,16-18,27-41,46-48,53-54H,10-15,19-24H2,1-8H3. The average Bonchev–Trinajstić information content (AvgIpc) is 3.95. The predicted octanol–water partition coefficient (Wildman–Crippen LogP) is 12.8. The fourth-order valence-corrected chi connectivity index (χ4v) is 18.6. The summed E-state index contributed by atoms with van der Waals surface area (Å²) < 4.78 is 0. The molecule has 9 aliphatic rings. The van der Waals surface area contributed by atoms with Crippen molar-refractivity contribution in [1.29, 1.82) is 0 Å². The summed E-state index contributed by atoms with van der Waals surface area (Å²) in [6.07, 6.45) is 17.7. The largest absolute Gasteiger partial charge is 0.507 e. The lowest BCUT2D eigenvalue weighted by atomic mass is 9.59. The van der Waals surface area contributed by atoms with E-state index >= 15 is 0 Å². The third-order valence-corrected chi connectivity index (χ3v) is 20.0. The molecule has 0 amide bonds. The third-order valence-electron chi connectivity index (χ3n) is 20.0. The van der Waals surface area contributed by atoms with E-state index in [4.69, 9.17) is 0 Å². The molecule has 9 saturated carbocycles. The molecule has 2 aromatic rings. The van der Waals surface area contributed by atoms with E-state index in [1.54, 1.807) is 12.8 Å². The van der Waals surface area contributed by atoms with Gasteiger partial charge in [0.25, 0.3) is 0 Å². The lowest BCUT2D eigenvalue weighted by molar-refractivity contribution is 0.0333. The molecule has 0 radical (unpaired) electrons. The maximum absolute atomic E-state index is 11.9. The van der Waals surface area contributed by atoms with Crippen LogP contribution in [0.25, 0.3) is 0 Å². The predicted molar refractivity (Wildman–Crippen MR) is 220 cm³/mol. The van der Waals surface area contributed by atoms with E-state index in [2.05, 4.69) is 79.7 Å². The van der Waals surface area contributed by atoms with Gasteiger partial charge < -0.3 is 10.2 Å². The first-order chi connectivity index (χ1) is 25.7. The van der Waals surface area contributed by atoms with E-state index in [0.29, 0.717) is 23.3 Å². The number of phenols is 2. The summed E-state index contributed by atoms with van der Waals surface area (Å²) in [5.74, 6) is 17.5. The first-order valence-electron chi connectivity index (χ1n) is 23.4. The molecular weight excluding hydrogens is 657 g/mol. The summed E-state index contributed by atoms with van der Waals surface area (Å²) >= 11 is 0. The average molecular weight is 729 g/mol. The number of aromatic hydroxyl groups is 2.